The SMILES string of the molecule is C1NC2CC1C2.COc1nccc(C#N)c1O.Cc1nc2c(F)c(-c3cccc(Cl)c3Cl)c(CCC#N)cc2c2[nH]c(C3CCCN3C(=O)C3CC3)cc12. The number of nitrogens with zero attached hydrogens (tertiary/aromatic N) is 5. The number of carbonyl (C=O) groups excluding carboxylic acids is 1. The number of aryl methyl sites for hydroxylation is 2. The van der Waals surface area contributed by atoms with E-state index in [1.165, 1.54) is 38.8 Å². The highest BCUT2D eigenvalue weighted by molar-refractivity contribution is 6.43. The Labute approximate surface area is 322 Å². The maximum absolute atomic E-state index is 16.3. The third kappa shape index (κ3) is 7.29. The highest BCUT2D eigenvalue weighted by Gasteiger charge is 2.39. The smallest absolute Gasteiger partial charge is 0.257 e. The molecule has 2 bridgehead atoms. The zero-order valence-corrected chi connectivity index (χ0v) is 31.6. The molecule has 3 N–H and O–H groups in total. The van der Waals surface area contributed by atoms with Gasteiger partial charge in [0.05, 0.1) is 34.8 Å². The number of aromatic nitrogens is 3. The van der Waals surface area contributed by atoms with Crippen LogP contribution in [-0.4, -0.2) is 57.1 Å². The zero-order valence-electron chi connectivity index (χ0n) is 30.1. The number of likely N-dealkylation sites (tertiary alicyclic amines) is 1. The maximum atomic E-state index is 16.3. The number of rotatable bonds is 6. The van der Waals surface area contributed by atoms with Gasteiger partial charge >= 0.3 is 0 Å². The third-order valence-electron chi connectivity index (χ3n) is 10.8. The van der Waals surface area contributed by atoms with E-state index in [1.54, 1.807) is 24.3 Å². The Morgan fingerprint density at radius 1 is 1.15 bits per heavy atom. The van der Waals surface area contributed by atoms with Crippen molar-refractivity contribution in [3.8, 4) is 34.9 Å². The maximum Gasteiger partial charge on any atom is 0.257 e. The first-order chi connectivity index (χ1) is 26.1. The summed E-state index contributed by atoms with van der Waals surface area (Å²) in [5, 5.41) is 32.5. The van der Waals surface area contributed by atoms with E-state index in [2.05, 4.69) is 37.1 Å². The van der Waals surface area contributed by atoms with E-state index in [4.69, 9.17) is 28.5 Å². The highest BCUT2D eigenvalue weighted by atomic mass is 35.5. The van der Waals surface area contributed by atoms with E-state index in [9.17, 15) is 15.2 Å². The molecule has 5 aromatic rings. The van der Waals surface area contributed by atoms with E-state index in [1.807, 2.05) is 17.9 Å². The topological polar surface area (TPSA) is 151 Å². The van der Waals surface area contributed by atoms with Crippen molar-refractivity contribution in [1.29, 1.82) is 10.5 Å². The third-order valence-corrected chi connectivity index (χ3v) is 11.6. The molecular weight excluding hydrogens is 728 g/mol. The average molecular weight is 769 g/mol. The molecule has 5 aliphatic rings. The van der Waals surface area contributed by atoms with Crippen LogP contribution in [0.4, 0.5) is 4.39 Å². The number of aromatic amines is 1. The summed E-state index contributed by atoms with van der Waals surface area (Å²) in [5.74, 6) is 0.871. The largest absolute Gasteiger partial charge is 0.502 e. The van der Waals surface area contributed by atoms with E-state index in [0.717, 1.165) is 60.8 Å². The van der Waals surface area contributed by atoms with Gasteiger partial charge in [0.1, 0.15) is 17.1 Å². The minimum absolute atomic E-state index is 0.0117. The average Bonchev–Trinajstić information content (AvgIpc) is 3.55. The monoisotopic (exact) mass is 767 g/mol. The Bertz CT molecular complexity index is 2310. The Kier molecular flexibility index (Phi) is 10.9. The summed E-state index contributed by atoms with van der Waals surface area (Å²) >= 11 is 12.8. The quantitative estimate of drug-likeness (QED) is 0.155. The number of methoxy groups -OCH3 is 1. The van der Waals surface area contributed by atoms with Crippen molar-refractivity contribution in [2.24, 2.45) is 11.8 Å². The molecule has 3 aliphatic heterocycles. The van der Waals surface area contributed by atoms with Gasteiger partial charge in [-0.1, -0.05) is 35.3 Å². The lowest BCUT2D eigenvalue weighted by atomic mass is 9.87. The number of H-pyrrole nitrogens is 1. The summed E-state index contributed by atoms with van der Waals surface area (Å²) < 4.78 is 21.0. The fourth-order valence-electron chi connectivity index (χ4n) is 7.74. The van der Waals surface area contributed by atoms with Crippen LogP contribution in [0.15, 0.2) is 42.6 Å². The fraction of sp³-hybridized carbons (Fsp3) is 0.390. The van der Waals surface area contributed by atoms with Crippen molar-refractivity contribution in [3.05, 3.63) is 81.0 Å². The van der Waals surface area contributed by atoms with Crippen LogP contribution in [0.3, 0.4) is 0 Å². The summed E-state index contributed by atoms with van der Waals surface area (Å²) in [7, 11) is 1.38. The van der Waals surface area contributed by atoms with Gasteiger partial charge in [-0.3, -0.25) is 4.79 Å². The Balaban J connectivity index is 0.000000215. The molecule has 278 valence electrons. The molecule has 3 aromatic heterocycles. The molecule has 2 aliphatic carbocycles. The second-order valence-electron chi connectivity index (χ2n) is 14.3. The number of ether oxygens (including phenoxy) is 1. The minimum atomic E-state index is -0.484. The number of benzene rings is 2. The number of hydrogen-bond acceptors (Lipinski definition) is 8. The molecule has 2 saturated carbocycles. The Hall–Kier alpha value is -4.94. The summed E-state index contributed by atoms with van der Waals surface area (Å²) in [6.07, 6.45) is 8.75. The van der Waals surface area contributed by atoms with Gasteiger partial charge in [0, 0.05) is 64.4 Å². The van der Waals surface area contributed by atoms with Crippen LogP contribution < -0.4 is 10.1 Å². The van der Waals surface area contributed by atoms with E-state index in [0.29, 0.717) is 39.2 Å². The van der Waals surface area contributed by atoms with Crippen LogP contribution in [0.5, 0.6) is 11.6 Å². The van der Waals surface area contributed by atoms with Gasteiger partial charge in [-0.25, -0.2) is 14.4 Å². The second kappa shape index (κ2) is 15.8. The van der Waals surface area contributed by atoms with E-state index < -0.39 is 5.82 Å². The highest BCUT2D eigenvalue weighted by Crippen LogP contribution is 2.43. The molecule has 10 rings (SSSR count). The molecule has 0 radical (unpaired) electrons. The molecular formula is C41H40Cl2FN7O3. The number of fused-ring (bicyclic) bond motifs is 4. The van der Waals surface area contributed by atoms with Crippen molar-refractivity contribution < 1.29 is 19.0 Å². The van der Waals surface area contributed by atoms with Gasteiger partial charge in [-0.15, -0.1) is 0 Å². The summed E-state index contributed by atoms with van der Waals surface area (Å²) in [4.78, 5) is 26.8. The van der Waals surface area contributed by atoms with Gasteiger partial charge in [-0.2, -0.15) is 10.5 Å². The van der Waals surface area contributed by atoms with Crippen LogP contribution in [0.25, 0.3) is 32.9 Å². The van der Waals surface area contributed by atoms with Gasteiger partial charge in [0.25, 0.3) is 5.88 Å². The van der Waals surface area contributed by atoms with Crippen LogP contribution in [-0.2, 0) is 11.2 Å². The first-order valence-corrected chi connectivity index (χ1v) is 19.0. The first-order valence-electron chi connectivity index (χ1n) is 18.2. The molecule has 10 nitrogen and oxygen atoms in total. The molecule has 5 fully saturated rings. The van der Waals surface area contributed by atoms with E-state index in [-0.39, 0.29) is 52.0 Å². The summed E-state index contributed by atoms with van der Waals surface area (Å²) in [5.41, 5.74) is 4.34. The van der Waals surface area contributed by atoms with Crippen LogP contribution >= 0.6 is 23.2 Å². The van der Waals surface area contributed by atoms with Gasteiger partial charge in [-0.05, 0) is 94.2 Å². The van der Waals surface area contributed by atoms with Gasteiger partial charge in [0.15, 0.2) is 11.6 Å². The van der Waals surface area contributed by atoms with Crippen molar-refractivity contribution in [2.45, 2.75) is 70.4 Å². The van der Waals surface area contributed by atoms with Crippen molar-refractivity contribution >= 4 is 50.9 Å². The molecule has 1 unspecified atom stereocenters. The Morgan fingerprint density at radius 2 is 1.94 bits per heavy atom. The molecule has 1 amide bonds. The van der Waals surface area contributed by atoms with E-state index >= 15 is 4.39 Å². The lowest BCUT2D eigenvalue weighted by molar-refractivity contribution is -0.133. The predicted octanol–water partition coefficient (Wildman–Crippen LogP) is 8.70. The summed E-state index contributed by atoms with van der Waals surface area (Å²) in [6.45, 7) is 3.95. The lowest BCUT2D eigenvalue weighted by Crippen LogP contribution is -2.31. The molecule has 6 heterocycles. The molecule has 0 spiro atoms. The van der Waals surface area contributed by atoms with Crippen LogP contribution in [0.2, 0.25) is 10.0 Å². The number of halogens is 3. The van der Waals surface area contributed by atoms with Crippen molar-refractivity contribution in [1.82, 2.24) is 25.2 Å². The second-order valence-corrected chi connectivity index (χ2v) is 15.1. The lowest BCUT2D eigenvalue weighted by Gasteiger charge is -2.24. The Morgan fingerprint density at radius 3 is 2.59 bits per heavy atom. The zero-order chi connectivity index (χ0) is 38.1. The predicted molar refractivity (Wildman–Crippen MR) is 206 cm³/mol. The standard InChI is InChI=1S/C29H25Cl2FN4O.C7H6N2O2.C5H9N/c1-15-19-14-22(23-8-4-12-36(23)29(37)16-9-10-16)35-27(19)20-13-17(5-3-11-33)24(26(32)28(20)34-15)18-6-2-7-21(30)25(18)31;1-11-7-6(10)5(4-8)2-3-9-7;1-4-2-5(1)6-3-4/h2,6-7,13-14,16,23,35H,3-5,8-10,12H2,1H3;2-3,10H,1H3;4-6H,1-3H2. The number of pyridine rings is 2. The normalized spacial score (nSPS) is 19.6. The summed E-state index contributed by atoms with van der Waals surface area (Å²) in [6, 6.07) is 15.4. The number of hydrogen-bond donors (Lipinski definition) is 3. The van der Waals surface area contributed by atoms with Crippen molar-refractivity contribution in [2.75, 3.05) is 20.2 Å². The number of nitrogens with one attached hydrogen (secondary N) is 2. The first kappa shape index (κ1) is 37.4. The minimum Gasteiger partial charge on any atom is -0.502 e. The number of carbonyl (C=O) groups is 1. The molecule has 13 heteroatoms. The van der Waals surface area contributed by atoms with Crippen LogP contribution in [0, 0.1) is 47.2 Å². The number of aromatic hydroxyl groups is 1. The molecule has 54 heavy (non-hydrogen) atoms. The molecule has 3 saturated heterocycles. The molecule has 2 aromatic carbocycles. The van der Waals surface area contributed by atoms with Gasteiger partial charge in [0.2, 0.25) is 5.91 Å². The van der Waals surface area contributed by atoms with Crippen LogP contribution in [0.1, 0.15) is 73.5 Å². The number of amides is 1. The number of nitriles is 2. The molecule has 1 atom stereocenters. The fourth-order valence-corrected chi connectivity index (χ4v) is 8.14. The van der Waals surface area contributed by atoms with Crippen molar-refractivity contribution in [3.63, 3.8) is 0 Å². The van der Waals surface area contributed by atoms with Gasteiger partial charge < -0.3 is 25.0 Å².